The van der Waals surface area contributed by atoms with Gasteiger partial charge in [0.05, 0.1) is 18.7 Å². The number of likely N-dealkylation sites (tertiary alicyclic amines) is 1. The highest BCUT2D eigenvalue weighted by atomic mass is 16.5. The third kappa shape index (κ3) is 5.81. The number of ether oxygens (including phenoxy) is 1. The zero-order chi connectivity index (χ0) is 13.4. The summed E-state index contributed by atoms with van der Waals surface area (Å²) in [4.78, 5) is 2.47. The lowest BCUT2D eigenvalue weighted by Gasteiger charge is -2.32. The standard InChI is InChI=1S/C14H27N3O/c1-12(2)16-14(9-15)6-8-17-7-4-5-13(10-17)11-18-3/h12-14,16H,4-8,10-11H2,1-3H3. The van der Waals surface area contributed by atoms with E-state index in [1.807, 2.05) is 0 Å². The lowest BCUT2D eigenvalue weighted by molar-refractivity contribution is 0.0893. The number of nitriles is 1. The van der Waals surface area contributed by atoms with E-state index >= 15 is 0 Å². The van der Waals surface area contributed by atoms with Gasteiger partial charge < -0.3 is 9.64 Å². The molecule has 1 aliphatic heterocycles. The molecule has 104 valence electrons. The van der Waals surface area contributed by atoms with Crippen LogP contribution in [0.1, 0.15) is 33.1 Å². The van der Waals surface area contributed by atoms with Crippen LogP contribution in [0, 0.1) is 17.2 Å². The molecule has 1 aliphatic rings. The average molecular weight is 253 g/mol. The molecule has 0 spiro atoms. The van der Waals surface area contributed by atoms with E-state index in [-0.39, 0.29) is 6.04 Å². The van der Waals surface area contributed by atoms with Crippen LogP contribution >= 0.6 is 0 Å². The Hall–Kier alpha value is -0.630. The van der Waals surface area contributed by atoms with Crippen molar-refractivity contribution in [2.75, 3.05) is 33.4 Å². The van der Waals surface area contributed by atoms with Gasteiger partial charge in [-0.05, 0) is 45.6 Å². The minimum absolute atomic E-state index is 0.0206. The van der Waals surface area contributed by atoms with Crippen molar-refractivity contribution in [3.05, 3.63) is 0 Å². The maximum absolute atomic E-state index is 9.09. The molecule has 0 amide bonds. The quantitative estimate of drug-likeness (QED) is 0.749. The average Bonchev–Trinajstić information content (AvgIpc) is 2.35. The largest absolute Gasteiger partial charge is 0.384 e. The van der Waals surface area contributed by atoms with Gasteiger partial charge in [-0.3, -0.25) is 5.32 Å². The van der Waals surface area contributed by atoms with Crippen LogP contribution in [0.25, 0.3) is 0 Å². The smallest absolute Gasteiger partial charge is 0.0967 e. The number of rotatable bonds is 7. The fourth-order valence-electron chi connectivity index (χ4n) is 2.63. The highest BCUT2D eigenvalue weighted by Crippen LogP contribution is 2.16. The van der Waals surface area contributed by atoms with Crippen molar-refractivity contribution >= 4 is 0 Å². The van der Waals surface area contributed by atoms with Crippen LogP contribution in [0.15, 0.2) is 0 Å². The van der Waals surface area contributed by atoms with Crippen LogP contribution in [-0.2, 0) is 4.74 Å². The first-order valence-corrected chi connectivity index (χ1v) is 7.02. The molecular formula is C14H27N3O. The van der Waals surface area contributed by atoms with Crippen molar-refractivity contribution in [2.24, 2.45) is 5.92 Å². The summed E-state index contributed by atoms with van der Waals surface area (Å²) in [6.45, 7) is 8.33. The third-order valence-corrected chi connectivity index (χ3v) is 3.43. The maximum atomic E-state index is 9.09. The van der Waals surface area contributed by atoms with E-state index in [0.717, 1.165) is 26.1 Å². The van der Waals surface area contributed by atoms with Gasteiger partial charge in [-0.25, -0.2) is 0 Å². The van der Waals surface area contributed by atoms with E-state index in [4.69, 9.17) is 10.00 Å². The fraction of sp³-hybridized carbons (Fsp3) is 0.929. The number of nitrogens with zero attached hydrogens (tertiary/aromatic N) is 2. The monoisotopic (exact) mass is 253 g/mol. The molecule has 1 saturated heterocycles. The number of piperidine rings is 1. The minimum atomic E-state index is -0.0206. The lowest BCUT2D eigenvalue weighted by Crippen LogP contribution is -2.41. The Balaban J connectivity index is 2.27. The lowest BCUT2D eigenvalue weighted by atomic mass is 9.98. The molecular weight excluding hydrogens is 226 g/mol. The van der Waals surface area contributed by atoms with Gasteiger partial charge in [0.2, 0.25) is 0 Å². The Morgan fingerprint density at radius 3 is 2.89 bits per heavy atom. The second kappa shape index (κ2) is 8.47. The predicted molar refractivity (Wildman–Crippen MR) is 73.3 cm³/mol. The summed E-state index contributed by atoms with van der Waals surface area (Å²) in [6, 6.07) is 2.70. The maximum Gasteiger partial charge on any atom is 0.0967 e. The minimum Gasteiger partial charge on any atom is -0.384 e. The fourth-order valence-corrected chi connectivity index (χ4v) is 2.63. The van der Waals surface area contributed by atoms with E-state index in [0.29, 0.717) is 12.0 Å². The van der Waals surface area contributed by atoms with E-state index in [1.54, 1.807) is 7.11 Å². The van der Waals surface area contributed by atoms with Crippen molar-refractivity contribution in [3.63, 3.8) is 0 Å². The molecule has 4 nitrogen and oxygen atoms in total. The Bertz CT molecular complexity index is 260. The normalized spacial score (nSPS) is 22.9. The van der Waals surface area contributed by atoms with Crippen LogP contribution in [0.3, 0.4) is 0 Å². The van der Waals surface area contributed by atoms with E-state index in [1.165, 1.54) is 19.4 Å². The number of hydrogen-bond acceptors (Lipinski definition) is 4. The van der Waals surface area contributed by atoms with Crippen molar-refractivity contribution in [1.29, 1.82) is 5.26 Å². The Morgan fingerprint density at radius 2 is 2.28 bits per heavy atom. The Labute approximate surface area is 111 Å². The van der Waals surface area contributed by atoms with Gasteiger partial charge in [-0.15, -0.1) is 0 Å². The Kier molecular flexibility index (Phi) is 7.26. The summed E-state index contributed by atoms with van der Waals surface area (Å²) in [5, 5.41) is 12.4. The van der Waals surface area contributed by atoms with Crippen LogP contribution in [0.2, 0.25) is 0 Å². The zero-order valence-corrected chi connectivity index (χ0v) is 12.0. The van der Waals surface area contributed by atoms with Crippen molar-refractivity contribution in [3.8, 4) is 6.07 Å². The first-order chi connectivity index (χ1) is 8.65. The molecule has 1 fully saturated rings. The highest BCUT2D eigenvalue weighted by Gasteiger charge is 2.20. The summed E-state index contributed by atoms with van der Waals surface area (Å²) >= 11 is 0. The molecule has 0 aromatic heterocycles. The molecule has 0 radical (unpaired) electrons. The van der Waals surface area contributed by atoms with Crippen LogP contribution in [-0.4, -0.2) is 50.3 Å². The number of hydrogen-bond donors (Lipinski definition) is 1. The molecule has 0 saturated carbocycles. The first-order valence-electron chi connectivity index (χ1n) is 7.02. The third-order valence-electron chi connectivity index (χ3n) is 3.43. The van der Waals surface area contributed by atoms with Crippen molar-refractivity contribution < 1.29 is 4.74 Å². The molecule has 1 N–H and O–H groups in total. The molecule has 0 aromatic carbocycles. The van der Waals surface area contributed by atoms with E-state index in [2.05, 4.69) is 30.1 Å². The topological polar surface area (TPSA) is 48.3 Å². The summed E-state index contributed by atoms with van der Waals surface area (Å²) in [7, 11) is 1.78. The van der Waals surface area contributed by atoms with Crippen LogP contribution in [0.4, 0.5) is 0 Å². The number of methoxy groups -OCH3 is 1. The molecule has 1 heterocycles. The first kappa shape index (κ1) is 15.4. The zero-order valence-electron chi connectivity index (χ0n) is 12.0. The van der Waals surface area contributed by atoms with Gasteiger partial charge in [0.25, 0.3) is 0 Å². The van der Waals surface area contributed by atoms with Crippen molar-refractivity contribution in [2.45, 2.75) is 45.2 Å². The molecule has 0 aliphatic carbocycles. The highest BCUT2D eigenvalue weighted by molar-refractivity contribution is 4.91. The molecule has 2 unspecified atom stereocenters. The van der Waals surface area contributed by atoms with Gasteiger partial charge >= 0.3 is 0 Å². The Morgan fingerprint density at radius 1 is 1.50 bits per heavy atom. The second-order valence-electron chi connectivity index (χ2n) is 5.56. The molecule has 1 rings (SSSR count). The molecule has 0 aromatic rings. The molecule has 0 bridgehead atoms. The SMILES string of the molecule is COCC1CCCN(CCC(C#N)NC(C)C)C1. The van der Waals surface area contributed by atoms with Crippen LogP contribution < -0.4 is 5.32 Å². The van der Waals surface area contributed by atoms with Gasteiger partial charge in [0, 0.05) is 26.2 Å². The summed E-state index contributed by atoms with van der Waals surface area (Å²) in [5.74, 6) is 0.669. The van der Waals surface area contributed by atoms with Crippen molar-refractivity contribution in [1.82, 2.24) is 10.2 Å². The summed E-state index contributed by atoms with van der Waals surface area (Å²) in [5.41, 5.74) is 0. The van der Waals surface area contributed by atoms with Gasteiger partial charge in [-0.1, -0.05) is 0 Å². The number of nitrogens with one attached hydrogen (secondary N) is 1. The van der Waals surface area contributed by atoms with Gasteiger partial charge in [-0.2, -0.15) is 5.26 Å². The van der Waals surface area contributed by atoms with Gasteiger partial charge in [0.15, 0.2) is 0 Å². The molecule has 18 heavy (non-hydrogen) atoms. The van der Waals surface area contributed by atoms with E-state index < -0.39 is 0 Å². The second-order valence-corrected chi connectivity index (χ2v) is 5.56. The predicted octanol–water partition coefficient (Wildman–Crippen LogP) is 1.63. The molecule has 2 atom stereocenters. The van der Waals surface area contributed by atoms with Gasteiger partial charge in [0.1, 0.15) is 0 Å². The van der Waals surface area contributed by atoms with Crippen LogP contribution in [0.5, 0.6) is 0 Å². The van der Waals surface area contributed by atoms with E-state index in [9.17, 15) is 0 Å². The summed E-state index contributed by atoms with van der Waals surface area (Å²) < 4.78 is 5.24. The summed E-state index contributed by atoms with van der Waals surface area (Å²) in [6.07, 6.45) is 3.44. The molecule has 4 heteroatoms.